The number of hydrogen-bond acceptors (Lipinski definition) is 4. The number of rotatable bonds is 7. The van der Waals surface area contributed by atoms with Crippen LogP contribution in [0.4, 0.5) is 0 Å². The van der Waals surface area contributed by atoms with E-state index >= 15 is 0 Å². The van der Waals surface area contributed by atoms with E-state index in [0.29, 0.717) is 30.4 Å². The maximum atomic E-state index is 12.2. The standard InChI is InChI=1S/C18H24N2O3/c1-12(2)11-22-15-7-5-6-14(8-15)18(21)19-10-16-9-17(13(3)4)20-23-16/h5-8,13,16H,1,9-11H2,2-4H3,(H,19,21)/t16-/m1/s1. The largest absolute Gasteiger partial charge is 0.489 e. The lowest BCUT2D eigenvalue weighted by atomic mass is 10.0. The summed E-state index contributed by atoms with van der Waals surface area (Å²) in [4.78, 5) is 17.6. The molecular weight excluding hydrogens is 292 g/mol. The van der Waals surface area contributed by atoms with E-state index < -0.39 is 0 Å². The van der Waals surface area contributed by atoms with Gasteiger partial charge in [-0.1, -0.05) is 31.6 Å². The van der Waals surface area contributed by atoms with Crippen LogP contribution in [-0.2, 0) is 4.84 Å². The minimum absolute atomic E-state index is 0.0841. The van der Waals surface area contributed by atoms with Crippen molar-refractivity contribution in [2.24, 2.45) is 11.1 Å². The fourth-order valence-electron chi connectivity index (χ4n) is 2.14. The number of benzene rings is 1. The molecule has 1 N–H and O–H groups in total. The Bertz CT molecular complexity index is 608. The molecule has 1 aromatic carbocycles. The van der Waals surface area contributed by atoms with Crippen molar-refractivity contribution in [3.63, 3.8) is 0 Å². The first-order valence-corrected chi connectivity index (χ1v) is 7.83. The number of amides is 1. The van der Waals surface area contributed by atoms with Gasteiger partial charge in [0, 0.05) is 12.0 Å². The van der Waals surface area contributed by atoms with E-state index in [1.165, 1.54) is 0 Å². The van der Waals surface area contributed by atoms with E-state index in [1.54, 1.807) is 18.2 Å². The van der Waals surface area contributed by atoms with Crippen LogP contribution in [-0.4, -0.2) is 30.9 Å². The van der Waals surface area contributed by atoms with Crippen molar-refractivity contribution < 1.29 is 14.4 Å². The summed E-state index contributed by atoms with van der Waals surface area (Å²) < 4.78 is 5.55. The molecule has 0 aromatic heterocycles. The highest BCUT2D eigenvalue weighted by molar-refractivity contribution is 5.94. The Hall–Kier alpha value is -2.30. The molecule has 23 heavy (non-hydrogen) atoms. The Labute approximate surface area is 137 Å². The molecule has 124 valence electrons. The van der Waals surface area contributed by atoms with Crippen LogP contribution in [0.25, 0.3) is 0 Å². The third-order valence-electron chi connectivity index (χ3n) is 3.49. The Balaban J connectivity index is 1.84. The highest BCUT2D eigenvalue weighted by Crippen LogP contribution is 2.16. The molecule has 5 nitrogen and oxygen atoms in total. The molecule has 0 fully saturated rings. The van der Waals surface area contributed by atoms with Crippen LogP contribution in [0, 0.1) is 5.92 Å². The zero-order valence-corrected chi connectivity index (χ0v) is 14.0. The first-order valence-electron chi connectivity index (χ1n) is 7.83. The van der Waals surface area contributed by atoms with Crippen molar-refractivity contribution in [3.8, 4) is 5.75 Å². The first kappa shape index (κ1) is 17.1. The lowest BCUT2D eigenvalue weighted by molar-refractivity contribution is 0.0753. The third kappa shape index (κ3) is 5.13. The molecular formula is C18H24N2O3. The average molecular weight is 316 g/mol. The van der Waals surface area contributed by atoms with Crippen LogP contribution in [0.15, 0.2) is 41.6 Å². The number of nitrogens with zero attached hydrogens (tertiary/aromatic N) is 1. The molecule has 0 saturated carbocycles. The van der Waals surface area contributed by atoms with E-state index in [2.05, 4.69) is 30.9 Å². The molecule has 0 saturated heterocycles. The first-order chi connectivity index (χ1) is 11.0. The molecule has 0 bridgehead atoms. The summed E-state index contributed by atoms with van der Waals surface area (Å²) in [5.74, 6) is 0.883. The molecule has 1 aliphatic heterocycles. The second-order valence-electron chi connectivity index (χ2n) is 6.15. The summed E-state index contributed by atoms with van der Waals surface area (Å²) in [6, 6.07) is 7.11. The molecule has 2 rings (SSSR count). The number of ether oxygens (including phenoxy) is 1. The van der Waals surface area contributed by atoms with Crippen molar-refractivity contribution in [1.82, 2.24) is 5.32 Å². The summed E-state index contributed by atoms with van der Waals surface area (Å²) >= 11 is 0. The van der Waals surface area contributed by atoms with Crippen LogP contribution in [0.1, 0.15) is 37.6 Å². The van der Waals surface area contributed by atoms with Crippen molar-refractivity contribution in [2.75, 3.05) is 13.2 Å². The van der Waals surface area contributed by atoms with Gasteiger partial charge in [0.1, 0.15) is 18.5 Å². The molecule has 1 heterocycles. The molecule has 0 spiro atoms. The summed E-state index contributed by atoms with van der Waals surface area (Å²) in [7, 11) is 0. The van der Waals surface area contributed by atoms with Gasteiger partial charge in [-0.15, -0.1) is 0 Å². The zero-order valence-electron chi connectivity index (χ0n) is 14.0. The van der Waals surface area contributed by atoms with E-state index in [4.69, 9.17) is 9.57 Å². The molecule has 0 radical (unpaired) electrons. The van der Waals surface area contributed by atoms with Crippen LogP contribution in [0.3, 0.4) is 0 Å². The van der Waals surface area contributed by atoms with E-state index in [1.807, 2.05) is 13.0 Å². The lowest BCUT2D eigenvalue weighted by Gasteiger charge is -2.11. The minimum atomic E-state index is -0.146. The van der Waals surface area contributed by atoms with Gasteiger partial charge >= 0.3 is 0 Å². The SMILES string of the molecule is C=C(C)COc1cccc(C(=O)NC[C@H]2CC(C(C)C)=NO2)c1. The molecule has 1 aliphatic rings. The predicted octanol–water partition coefficient (Wildman–Crippen LogP) is 3.17. The van der Waals surface area contributed by atoms with Gasteiger partial charge < -0.3 is 14.9 Å². The van der Waals surface area contributed by atoms with Gasteiger partial charge in [-0.25, -0.2) is 0 Å². The molecule has 0 unspecified atom stereocenters. The van der Waals surface area contributed by atoms with Crippen LogP contribution < -0.4 is 10.1 Å². The monoisotopic (exact) mass is 316 g/mol. The van der Waals surface area contributed by atoms with E-state index in [0.717, 1.165) is 17.7 Å². The van der Waals surface area contributed by atoms with Gasteiger partial charge in [0.05, 0.1) is 12.3 Å². The van der Waals surface area contributed by atoms with Gasteiger partial charge in [-0.05, 0) is 36.6 Å². The minimum Gasteiger partial charge on any atom is -0.489 e. The fourth-order valence-corrected chi connectivity index (χ4v) is 2.14. The van der Waals surface area contributed by atoms with Gasteiger partial charge in [0.25, 0.3) is 5.91 Å². The number of carbonyl (C=O) groups excluding carboxylic acids is 1. The summed E-state index contributed by atoms with van der Waals surface area (Å²) in [5, 5.41) is 6.94. The van der Waals surface area contributed by atoms with Crippen molar-refractivity contribution in [3.05, 3.63) is 42.0 Å². The summed E-state index contributed by atoms with van der Waals surface area (Å²) in [6.45, 7) is 10.7. The van der Waals surface area contributed by atoms with Crippen LogP contribution in [0.5, 0.6) is 5.75 Å². The maximum absolute atomic E-state index is 12.2. The number of hydrogen-bond donors (Lipinski definition) is 1. The smallest absolute Gasteiger partial charge is 0.251 e. The average Bonchev–Trinajstić information content (AvgIpc) is 3.00. The highest BCUT2D eigenvalue weighted by Gasteiger charge is 2.23. The third-order valence-corrected chi connectivity index (χ3v) is 3.49. The second-order valence-corrected chi connectivity index (χ2v) is 6.15. The van der Waals surface area contributed by atoms with Gasteiger partial charge in [-0.2, -0.15) is 0 Å². The van der Waals surface area contributed by atoms with Gasteiger partial charge in [-0.3, -0.25) is 4.79 Å². The number of carbonyl (C=O) groups is 1. The van der Waals surface area contributed by atoms with Crippen LogP contribution in [0.2, 0.25) is 0 Å². The summed E-state index contributed by atoms with van der Waals surface area (Å²) in [6.07, 6.45) is 0.680. The van der Waals surface area contributed by atoms with Gasteiger partial charge in [0.15, 0.2) is 0 Å². The van der Waals surface area contributed by atoms with Crippen molar-refractivity contribution in [2.45, 2.75) is 33.3 Å². The van der Waals surface area contributed by atoms with E-state index in [-0.39, 0.29) is 12.0 Å². The van der Waals surface area contributed by atoms with Crippen LogP contribution >= 0.6 is 0 Å². The predicted molar refractivity (Wildman–Crippen MR) is 90.8 cm³/mol. The molecule has 1 aromatic rings. The Morgan fingerprint density at radius 1 is 1.52 bits per heavy atom. The highest BCUT2D eigenvalue weighted by atomic mass is 16.6. The normalized spacial score (nSPS) is 16.7. The molecule has 1 atom stereocenters. The summed E-state index contributed by atoms with van der Waals surface area (Å²) in [5.41, 5.74) is 2.53. The Morgan fingerprint density at radius 3 is 2.96 bits per heavy atom. The second kappa shape index (κ2) is 7.81. The maximum Gasteiger partial charge on any atom is 0.251 e. The molecule has 0 aliphatic carbocycles. The quantitative estimate of drug-likeness (QED) is 0.786. The molecule has 1 amide bonds. The van der Waals surface area contributed by atoms with Crippen molar-refractivity contribution in [1.29, 1.82) is 0 Å². The zero-order chi connectivity index (χ0) is 16.8. The lowest BCUT2D eigenvalue weighted by Crippen LogP contribution is -2.32. The number of oxime groups is 1. The van der Waals surface area contributed by atoms with Crippen molar-refractivity contribution >= 4 is 11.6 Å². The topological polar surface area (TPSA) is 59.9 Å². The Morgan fingerprint density at radius 2 is 2.30 bits per heavy atom. The van der Waals surface area contributed by atoms with E-state index in [9.17, 15) is 4.79 Å². The number of nitrogens with one attached hydrogen (secondary N) is 1. The van der Waals surface area contributed by atoms with Gasteiger partial charge in [0.2, 0.25) is 0 Å². The molecule has 5 heteroatoms. The fraction of sp³-hybridized carbons (Fsp3) is 0.444. The Kier molecular flexibility index (Phi) is 5.79.